The number of aryl methyl sites for hydroxylation is 2. The Bertz CT molecular complexity index is 469. The van der Waals surface area contributed by atoms with Crippen molar-refractivity contribution in [2.75, 3.05) is 5.32 Å². The molecule has 1 fully saturated rings. The van der Waals surface area contributed by atoms with Crippen molar-refractivity contribution < 1.29 is 4.79 Å². The predicted octanol–water partition coefficient (Wildman–Crippen LogP) is 2.42. The Kier molecular flexibility index (Phi) is 3.64. The quantitative estimate of drug-likeness (QED) is 0.864. The second-order valence-electron chi connectivity index (χ2n) is 5.30. The largest absolute Gasteiger partial charge is 0.324 e. The van der Waals surface area contributed by atoms with Crippen molar-refractivity contribution in [2.24, 2.45) is 5.73 Å². The van der Waals surface area contributed by atoms with Gasteiger partial charge < -0.3 is 11.1 Å². The van der Waals surface area contributed by atoms with E-state index in [1.165, 1.54) is 24.0 Å². The van der Waals surface area contributed by atoms with E-state index in [2.05, 4.69) is 17.4 Å². The fourth-order valence-corrected chi connectivity index (χ4v) is 2.69. The van der Waals surface area contributed by atoms with Gasteiger partial charge in [0.2, 0.25) is 5.91 Å². The van der Waals surface area contributed by atoms with E-state index in [4.69, 9.17) is 5.73 Å². The van der Waals surface area contributed by atoms with Crippen molar-refractivity contribution in [1.29, 1.82) is 0 Å². The molecule has 1 aromatic carbocycles. The first-order valence-corrected chi connectivity index (χ1v) is 6.40. The Balaban J connectivity index is 0.00000120. The van der Waals surface area contributed by atoms with Crippen LogP contribution in [0.15, 0.2) is 18.2 Å². The van der Waals surface area contributed by atoms with Gasteiger partial charge in [0.25, 0.3) is 0 Å². The Morgan fingerprint density at radius 3 is 2.56 bits per heavy atom. The minimum Gasteiger partial charge on any atom is -0.324 e. The maximum atomic E-state index is 12.0. The number of rotatable bonds is 2. The van der Waals surface area contributed by atoms with Crippen molar-refractivity contribution in [3.8, 4) is 0 Å². The van der Waals surface area contributed by atoms with Crippen LogP contribution < -0.4 is 11.1 Å². The summed E-state index contributed by atoms with van der Waals surface area (Å²) in [7, 11) is 0. The van der Waals surface area contributed by atoms with E-state index in [1.54, 1.807) is 0 Å². The first kappa shape index (κ1) is 13.4. The second-order valence-corrected chi connectivity index (χ2v) is 5.30. The van der Waals surface area contributed by atoms with Gasteiger partial charge in [0.15, 0.2) is 0 Å². The highest BCUT2D eigenvalue weighted by molar-refractivity contribution is 5.98. The number of amides is 1. The lowest BCUT2D eigenvalue weighted by molar-refractivity contribution is -0.123. The minimum absolute atomic E-state index is 0. The molecule has 3 N–H and O–H groups in total. The molecule has 0 aliphatic heterocycles. The zero-order valence-electron chi connectivity index (χ0n) is 10.4. The van der Waals surface area contributed by atoms with Crippen LogP contribution in [-0.2, 0) is 17.6 Å². The molecule has 3 nitrogen and oxygen atoms in total. The summed E-state index contributed by atoms with van der Waals surface area (Å²) in [6, 6.07) is 6.22. The Labute approximate surface area is 114 Å². The van der Waals surface area contributed by atoms with Crippen LogP contribution in [0.3, 0.4) is 0 Å². The fourth-order valence-electron chi connectivity index (χ4n) is 2.69. The molecular formula is C14H19ClN2O. The van der Waals surface area contributed by atoms with Gasteiger partial charge in [-0.25, -0.2) is 0 Å². The van der Waals surface area contributed by atoms with Crippen LogP contribution in [0.5, 0.6) is 0 Å². The molecule has 0 heterocycles. The summed E-state index contributed by atoms with van der Waals surface area (Å²) in [6.45, 7) is 0. The molecule has 0 atom stereocenters. The van der Waals surface area contributed by atoms with Gasteiger partial charge in [0.05, 0.1) is 5.54 Å². The lowest BCUT2D eigenvalue weighted by Gasteiger charge is -2.36. The first-order chi connectivity index (χ1) is 8.17. The van der Waals surface area contributed by atoms with E-state index in [-0.39, 0.29) is 18.3 Å². The number of halogens is 1. The van der Waals surface area contributed by atoms with Crippen LogP contribution in [0.1, 0.15) is 36.8 Å². The molecule has 0 bridgehead atoms. The number of hydrogen-bond acceptors (Lipinski definition) is 2. The Morgan fingerprint density at radius 1 is 1.17 bits per heavy atom. The number of benzene rings is 1. The summed E-state index contributed by atoms with van der Waals surface area (Å²) in [5.74, 6) is -0.0262. The molecule has 1 saturated carbocycles. The van der Waals surface area contributed by atoms with Gasteiger partial charge in [-0.3, -0.25) is 4.79 Å². The Morgan fingerprint density at radius 2 is 1.89 bits per heavy atom. The monoisotopic (exact) mass is 266 g/mol. The molecule has 1 amide bonds. The van der Waals surface area contributed by atoms with Gasteiger partial charge in [-0.1, -0.05) is 6.07 Å². The van der Waals surface area contributed by atoms with Crippen molar-refractivity contribution >= 4 is 24.0 Å². The van der Waals surface area contributed by atoms with Crippen LogP contribution in [0.4, 0.5) is 5.69 Å². The number of nitrogens with two attached hydrogens (primary N) is 1. The average Bonchev–Trinajstić information content (AvgIpc) is 2.73. The predicted molar refractivity (Wildman–Crippen MR) is 75.1 cm³/mol. The first-order valence-electron chi connectivity index (χ1n) is 6.40. The highest BCUT2D eigenvalue weighted by atomic mass is 35.5. The molecule has 3 rings (SSSR count). The summed E-state index contributed by atoms with van der Waals surface area (Å²) in [5.41, 5.74) is 9.08. The molecule has 98 valence electrons. The van der Waals surface area contributed by atoms with Crippen LogP contribution in [-0.4, -0.2) is 11.4 Å². The molecular weight excluding hydrogens is 248 g/mol. The van der Waals surface area contributed by atoms with Crippen LogP contribution in [0.2, 0.25) is 0 Å². The van der Waals surface area contributed by atoms with Crippen LogP contribution >= 0.6 is 12.4 Å². The van der Waals surface area contributed by atoms with Crippen LogP contribution in [0.25, 0.3) is 0 Å². The molecule has 0 aromatic heterocycles. The molecule has 2 aliphatic carbocycles. The van der Waals surface area contributed by atoms with Gasteiger partial charge in [0, 0.05) is 5.69 Å². The summed E-state index contributed by atoms with van der Waals surface area (Å²) in [6.07, 6.45) is 6.21. The van der Waals surface area contributed by atoms with E-state index < -0.39 is 5.54 Å². The zero-order valence-corrected chi connectivity index (χ0v) is 11.2. The maximum absolute atomic E-state index is 12.0. The molecule has 18 heavy (non-hydrogen) atoms. The highest BCUT2D eigenvalue weighted by Crippen LogP contribution is 2.31. The van der Waals surface area contributed by atoms with Crippen molar-refractivity contribution in [1.82, 2.24) is 0 Å². The third-order valence-corrected chi connectivity index (χ3v) is 4.05. The van der Waals surface area contributed by atoms with Gasteiger partial charge in [-0.05, 0) is 61.8 Å². The molecule has 0 saturated heterocycles. The lowest BCUT2D eigenvalue weighted by Crippen LogP contribution is -2.56. The van der Waals surface area contributed by atoms with E-state index in [0.717, 1.165) is 31.4 Å². The number of hydrogen-bond donors (Lipinski definition) is 2. The number of carbonyl (C=O) groups excluding carboxylic acids is 1. The number of anilines is 1. The van der Waals surface area contributed by atoms with Gasteiger partial charge in [-0.15, -0.1) is 12.4 Å². The third kappa shape index (κ3) is 2.25. The summed E-state index contributed by atoms with van der Waals surface area (Å²) in [4.78, 5) is 12.0. The molecule has 0 spiro atoms. The summed E-state index contributed by atoms with van der Waals surface area (Å²) < 4.78 is 0. The standard InChI is InChI=1S/C14H18N2O.ClH/c15-14(7-2-8-14)13(17)16-12-6-5-10-3-1-4-11(10)9-12;/h5-6,9H,1-4,7-8,15H2,(H,16,17);1H. The van der Waals surface area contributed by atoms with Crippen molar-refractivity contribution in [3.05, 3.63) is 29.3 Å². The third-order valence-electron chi connectivity index (χ3n) is 4.05. The minimum atomic E-state index is -0.612. The number of carbonyl (C=O) groups is 1. The smallest absolute Gasteiger partial charge is 0.244 e. The van der Waals surface area contributed by atoms with Crippen molar-refractivity contribution in [3.63, 3.8) is 0 Å². The topological polar surface area (TPSA) is 55.1 Å². The van der Waals surface area contributed by atoms with Gasteiger partial charge >= 0.3 is 0 Å². The SMILES string of the molecule is Cl.NC1(C(=O)Nc2ccc3c(c2)CCC3)CCC1. The molecule has 0 radical (unpaired) electrons. The normalized spacial score (nSPS) is 19.4. The number of nitrogens with one attached hydrogen (secondary N) is 1. The van der Waals surface area contributed by atoms with Gasteiger partial charge in [-0.2, -0.15) is 0 Å². The van der Waals surface area contributed by atoms with Gasteiger partial charge in [0.1, 0.15) is 0 Å². The summed E-state index contributed by atoms with van der Waals surface area (Å²) >= 11 is 0. The van der Waals surface area contributed by atoms with E-state index in [0.29, 0.717) is 0 Å². The van der Waals surface area contributed by atoms with E-state index in [9.17, 15) is 4.79 Å². The van der Waals surface area contributed by atoms with Crippen molar-refractivity contribution in [2.45, 2.75) is 44.1 Å². The highest BCUT2D eigenvalue weighted by Gasteiger charge is 2.40. The maximum Gasteiger partial charge on any atom is 0.244 e. The Hall–Kier alpha value is -1.06. The average molecular weight is 267 g/mol. The molecule has 0 unspecified atom stereocenters. The lowest BCUT2D eigenvalue weighted by atomic mass is 9.77. The molecule has 1 aromatic rings. The molecule has 2 aliphatic rings. The van der Waals surface area contributed by atoms with Crippen LogP contribution in [0, 0.1) is 0 Å². The van der Waals surface area contributed by atoms with E-state index >= 15 is 0 Å². The second kappa shape index (κ2) is 4.90. The fraction of sp³-hybridized carbons (Fsp3) is 0.500. The zero-order chi connectivity index (χ0) is 11.9. The molecule has 4 heteroatoms. The number of fused-ring (bicyclic) bond motifs is 1. The summed E-state index contributed by atoms with van der Waals surface area (Å²) in [5, 5.41) is 2.95. The van der Waals surface area contributed by atoms with E-state index in [1.807, 2.05) is 6.07 Å².